The van der Waals surface area contributed by atoms with Crippen LogP contribution in [-0.4, -0.2) is 312 Å². The zero-order chi connectivity index (χ0) is 96.2. The van der Waals surface area contributed by atoms with Crippen LogP contribution in [0.25, 0.3) is 21.8 Å². The Kier molecular flexibility index (Phi) is 39.0. The van der Waals surface area contributed by atoms with Crippen molar-refractivity contribution in [2.45, 2.75) is 234 Å². The highest BCUT2D eigenvalue weighted by atomic mass is 32.2. The number of rotatable bonds is 25. The number of nitrogens with zero attached hydrogens (tertiary/aromatic N) is 5. The lowest BCUT2D eigenvalue weighted by Gasteiger charge is -2.36. The molecule has 18 amide bonds. The van der Waals surface area contributed by atoms with Gasteiger partial charge in [0.15, 0.2) is 0 Å². The number of aliphatic hydroxyl groups excluding tert-OH is 2. The number of carbonyl (C=O) groups excluding carboxylic acids is 18. The summed E-state index contributed by atoms with van der Waals surface area (Å²) in [6.07, 6.45) is 0.272. The smallest absolute Gasteiger partial charge is 0.246 e. The molecule has 714 valence electrons. The van der Waals surface area contributed by atoms with Crippen LogP contribution in [0.3, 0.4) is 0 Å². The van der Waals surface area contributed by atoms with Crippen molar-refractivity contribution in [1.82, 2.24) is 87.6 Å². The molecular formula is C88H125N21O21S. The monoisotopic (exact) mass is 1840 g/mol. The van der Waals surface area contributed by atoms with Gasteiger partial charge in [-0.05, 0) is 105 Å². The number of amides is 18. The topological polar surface area (TPSA) is 640 Å². The normalized spacial score (nSPS) is 25.2. The number of aliphatic hydroxyl groups is 2. The van der Waals surface area contributed by atoms with Crippen LogP contribution in [-0.2, 0) is 106 Å². The van der Waals surface area contributed by atoms with Crippen molar-refractivity contribution in [2.75, 3.05) is 65.4 Å². The summed E-state index contributed by atoms with van der Waals surface area (Å²) >= 11 is 0.767. The highest BCUT2D eigenvalue weighted by molar-refractivity contribution is 8.00. The number of para-hydroxylation sites is 2. The van der Waals surface area contributed by atoms with Crippen molar-refractivity contribution < 1.29 is 102 Å². The van der Waals surface area contributed by atoms with Gasteiger partial charge in [-0.25, -0.2) is 0 Å². The number of phenolic OH excluding ortho intramolecular Hbond substituents is 1. The summed E-state index contributed by atoms with van der Waals surface area (Å²) in [4.78, 5) is 273. The van der Waals surface area contributed by atoms with Crippen LogP contribution in [0.15, 0.2) is 85.2 Å². The molecule has 5 aromatic rings. The van der Waals surface area contributed by atoms with Gasteiger partial charge in [0.2, 0.25) is 106 Å². The molecule has 3 saturated heterocycles. The van der Waals surface area contributed by atoms with Crippen molar-refractivity contribution >= 4 is 140 Å². The second kappa shape index (κ2) is 49.3. The summed E-state index contributed by atoms with van der Waals surface area (Å²) < 4.78 is 0. The minimum atomic E-state index is -1.90. The predicted octanol–water partition coefficient (Wildman–Crippen LogP) is -3.54. The molecule has 43 heteroatoms. The van der Waals surface area contributed by atoms with Crippen molar-refractivity contribution in [3.63, 3.8) is 0 Å². The number of fused-ring (bicyclic) bond motifs is 4. The second-order valence-corrected chi connectivity index (χ2v) is 34.8. The number of nitrogens with one attached hydrogen (secondary N) is 12. The summed E-state index contributed by atoms with van der Waals surface area (Å²) in [6, 6.07) is -2.81. The number of hydrogen-bond donors (Lipinski definition) is 19. The Morgan fingerprint density at radius 2 is 1.02 bits per heavy atom. The fourth-order valence-electron chi connectivity index (χ4n) is 16.2. The summed E-state index contributed by atoms with van der Waals surface area (Å²) in [5.74, 6) is -19.3. The maximum Gasteiger partial charge on any atom is 0.246 e. The maximum absolute atomic E-state index is 15.7. The van der Waals surface area contributed by atoms with Gasteiger partial charge in [-0.2, -0.15) is 0 Å². The standard InChI is InChI=1S/C88H125N21O21S/c1-9-11-24-67-81(123)97-58(23-17-31-89)77(119)104-66(76(118)95-42-73(92)115)45-131-46-74(116)96-62(34-49-27-29-52(111)30-28-49)84(126)105(6)48(5)75(117)100-64(39-72(91)114)86(128)108-32-18-26-68(108)82(124)99-60(38-71(90)113)79(121)101-61(33-47(3)4)87(129)109-43-53(112)37-70(109)83(125)98-59(35-50-40-93-56-21-15-13-19-54(50)56)78(120)103-65(44-110)80(122)102-63(36-51-41-94-57-22-16-14-20-55(51)57)85(127)107(8)69(25-12-10-2)88(130)106(67)7/h13-16,19-22,27-30,40-41,47-48,53,58-70,93-94,110-112H,9-12,17-18,23-26,31-39,42-46,89H2,1-8H3,(H2,90,113)(H2,91,114)(H2,92,115)(H,95,118)(H,96,116)(H,97,123)(H,98,125)(H,99,124)(H,100,117)(H,101,121)(H,102,122)(H,103,120)(H,104,119)/t48-,53+,58-,59-,60-,61-,62-,63-,64+,65-,66-,67-,68-,69-,70-/m0/s1. The van der Waals surface area contributed by atoms with Crippen LogP contribution in [0.1, 0.15) is 141 Å². The molecule has 42 nitrogen and oxygen atoms in total. The Bertz CT molecular complexity index is 4930. The van der Waals surface area contributed by atoms with Crippen molar-refractivity contribution in [2.24, 2.45) is 28.9 Å². The first-order valence-corrected chi connectivity index (χ1v) is 45.1. The zero-order valence-electron chi connectivity index (χ0n) is 74.9. The van der Waals surface area contributed by atoms with E-state index in [1.807, 2.05) is 13.8 Å². The molecule has 131 heavy (non-hydrogen) atoms. The van der Waals surface area contributed by atoms with Gasteiger partial charge < -0.3 is 126 Å². The molecule has 0 bridgehead atoms. The van der Waals surface area contributed by atoms with E-state index in [1.54, 1.807) is 74.8 Å². The number of carbonyl (C=O) groups is 18. The number of primary amides is 3. The number of likely N-dealkylation sites (N-methyl/N-ethyl adjacent to an activating group) is 3. The number of phenols is 1. The van der Waals surface area contributed by atoms with Gasteiger partial charge in [-0.1, -0.05) is 102 Å². The largest absolute Gasteiger partial charge is 0.508 e. The molecule has 0 aliphatic carbocycles. The molecule has 8 rings (SSSR count). The average molecular weight is 1850 g/mol. The molecule has 3 aliphatic heterocycles. The van der Waals surface area contributed by atoms with E-state index >= 15 is 33.6 Å². The number of aromatic nitrogens is 2. The minimum absolute atomic E-state index is 0.000783. The van der Waals surface area contributed by atoms with Crippen molar-refractivity contribution in [3.05, 3.63) is 102 Å². The number of unbranched alkanes of at least 4 members (excludes halogenated alkanes) is 2. The number of nitrogens with two attached hydrogens (primary N) is 4. The molecule has 3 aliphatic rings. The molecule has 3 aromatic carbocycles. The summed E-state index contributed by atoms with van der Waals surface area (Å²) in [6.45, 7) is 5.81. The van der Waals surface area contributed by atoms with Gasteiger partial charge in [0.05, 0.1) is 37.9 Å². The summed E-state index contributed by atoms with van der Waals surface area (Å²) in [5.41, 5.74) is 25.4. The van der Waals surface area contributed by atoms with Gasteiger partial charge >= 0.3 is 0 Å². The predicted molar refractivity (Wildman–Crippen MR) is 480 cm³/mol. The van der Waals surface area contributed by atoms with Crippen LogP contribution in [0.5, 0.6) is 5.75 Å². The quantitative estimate of drug-likeness (QED) is 0.0269. The number of hydrogen-bond acceptors (Lipinski definition) is 23. The third-order valence-corrected chi connectivity index (χ3v) is 24.5. The van der Waals surface area contributed by atoms with Crippen LogP contribution in [0.4, 0.5) is 0 Å². The molecule has 0 radical (unpaired) electrons. The van der Waals surface area contributed by atoms with E-state index in [-0.39, 0.29) is 83.0 Å². The Morgan fingerprint density at radius 3 is 1.62 bits per heavy atom. The van der Waals surface area contributed by atoms with E-state index < -0.39 is 253 Å². The average Bonchev–Trinajstić information content (AvgIpc) is 1.65. The third-order valence-electron chi connectivity index (χ3n) is 23.5. The first kappa shape index (κ1) is 104. The first-order chi connectivity index (χ1) is 62.3. The van der Waals surface area contributed by atoms with E-state index in [0.29, 0.717) is 64.2 Å². The Balaban J connectivity index is 1.19. The SMILES string of the molecule is CCCC[C@H]1C(=O)N(C)[C@@H](CCCC)C(=O)N[C@@H](CCCN)C(=O)N[C@H](C(=O)NCC(N)=O)CSCC(=O)N[C@@H](Cc2ccc(O)cc2)C(=O)N(C)[C@@H](C)C(=O)N[C@H](CC(N)=O)C(=O)N2CCC[C@H]2C(=O)N[C@@H](CC(N)=O)C(=O)N[C@@H](CC(C)C)C(=O)N2C[C@H](O)C[C@H]2C(=O)N[C@@H](Cc2c[nH]c3ccccc23)C(=O)N[C@@H](CO)C(=O)N[C@@H](Cc2c[nH]c3ccccc23)C(=O)N1C. The summed E-state index contributed by atoms with van der Waals surface area (Å²) in [5, 5.41) is 59.8. The van der Waals surface area contributed by atoms with Crippen LogP contribution in [0, 0.1) is 5.92 Å². The van der Waals surface area contributed by atoms with Crippen LogP contribution in [0.2, 0.25) is 0 Å². The molecule has 0 saturated carbocycles. The Morgan fingerprint density at radius 1 is 0.519 bits per heavy atom. The number of aromatic amines is 2. The number of aromatic hydroxyl groups is 1. The highest BCUT2D eigenvalue weighted by Crippen LogP contribution is 2.28. The lowest BCUT2D eigenvalue weighted by Crippen LogP contribution is -2.62. The van der Waals surface area contributed by atoms with Gasteiger partial charge in [0, 0.05) is 99.9 Å². The molecule has 0 spiro atoms. The molecular weight excluding hydrogens is 1720 g/mol. The number of H-pyrrole nitrogens is 2. The fourth-order valence-corrected chi connectivity index (χ4v) is 17.0. The minimum Gasteiger partial charge on any atom is -0.508 e. The van der Waals surface area contributed by atoms with E-state index in [9.17, 15) is 68.1 Å². The third kappa shape index (κ3) is 28.9. The maximum atomic E-state index is 15.7. The van der Waals surface area contributed by atoms with Gasteiger partial charge in [0.1, 0.15) is 90.3 Å². The molecule has 23 N–H and O–H groups in total. The van der Waals surface area contributed by atoms with Crippen molar-refractivity contribution in [1.29, 1.82) is 0 Å². The molecule has 15 atom stereocenters. The highest BCUT2D eigenvalue weighted by Gasteiger charge is 2.47. The molecule has 0 unspecified atom stereocenters. The zero-order valence-corrected chi connectivity index (χ0v) is 75.8. The molecule has 2 aromatic heterocycles. The number of thioether (sulfide) groups is 1. The van der Waals surface area contributed by atoms with E-state index in [2.05, 4.69) is 63.1 Å². The molecule has 5 heterocycles. The lowest BCUT2D eigenvalue weighted by molar-refractivity contribution is -0.149. The molecule has 3 fully saturated rings. The van der Waals surface area contributed by atoms with Gasteiger partial charge in [-0.15, -0.1) is 11.8 Å². The second-order valence-electron chi connectivity index (χ2n) is 33.8. The summed E-state index contributed by atoms with van der Waals surface area (Å²) in [7, 11) is 3.89. The Hall–Kier alpha value is -12.8. The van der Waals surface area contributed by atoms with Crippen molar-refractivity contribution in [3.8, 4) is 5.75 Å². The van der Waals surface area contributed by atoms with E-state index in [0.717, 1.165) is 36.3 Å². The Labute approximate surface area is 761 Å². The van der Waals surface area contributed by atoms with E-state index in [4.69, 9.17) is 22.9 Å². The van der Waals surface area contributed by atoms with Gasteiger partial charge in [0.25, 0.3) is 0 Å². The first-order valence-electron chi connectivity index (χ1n) is 44.0. The number of benzene rings is 3. The van der Waals surface area contributed by atoms with E-state index in [1.165, 1.54) is 52.3 Å². The lowest BCUT2D eigenvalue weighted by atomic mass is 10.00. The fraction of sp³-hybridized carbons (Fsp3) is 0.545. The van der Waals surface area contributed by atoms with Crippen LogP contribution >= 0.6 is 11.8 Å². The van der Waals surface area contributed by atoms with Crippen LogP contribution < -0.4 is 76.1 Å². The van der Waals surface area contributed by atoms with Gasteiger partial charge in [-0.3, -0.25) is 86.3 Å².